The van der Waals surface area contributed by atoms with Gasteiger partial charge in [0.2, 0.25) is 5.43 Å². The van der Waals surface area contributed by atoms with E-state index in [4.69, 9.17) is 13.9 Å². The highest BCUT2D eigenvalue weighted by molar-refractivity contribution is 5.94. The van der Waals surface area contributed by atoms with E-state index in [-0.39, 0.29) is 40.2 Å². The van der Waals surface area contributed by atoms with Crippen molar-refractivity contribution in [1.29, 1.82) is 0 Å². The summed E-state index contributed by atoms with van der Waals surface area (Å²) < 4.78 is 16.5. The number of phenolic OH excluding ortho intramolecular Hbond substituents is 2. The van der Waals surface area contributed by atoms with Crippen LogP contribution in [-0.2, 0) is 4.79 Å². The lowest BCUT2D eigenvalue weighted by Gasteiger charge is -2.26. The molecule has 160 valence electrons. The van der Waals surface area contributed by atoms with Crippen LogP contribution in [0.15, 0.2) is 70.1 Å². The normalized spacial score (nSPS) is 15.3. The van der Waals surface area contributed by atoms with E-state index in [2.05, 4.69) is 0 Å². The maximum atomic E-state index is 13.3. The Bertz CT molecular complexity index is 1400. The average molecular weight is 430 g/mol. The molecule has 0 saturated carbocycles. The molecule has 1 aliphatic heterocycles. The van der Waals surface area contributed by atoms with Gasteiger partial charge in [-0.05, 0) is 35.4 Å². The maximum absolute atomic E-state index is 13.3. The SMILES string of the molecule is COc1ccc([C@@H]2CC(=O)Oc3cc(O)c4c(=O)c(-c5ccc(O)cc5)coc4c32)cc1. The third-order valence-corrected chi connectivity index (χ3v) is 5.67. The molecule has 0 saturated heterocycles. The molecule has 7 nitrogen and oxygen atoms in total. The molecule has 1 aliphatic rings. The zero-order valence-corrected chi connectivity index (χ0v) is 17.0. The van der Waals surface area contributed by atoms with E-state index in [1.165, 1.54) is 24.5 Å². The Hall–Kier alpha value is -4.26. The van der Waals surface area contributed by atoms with Gasteiger partial charge in [0.1, 0.15) is 40.2 Å². The van der Waals surface area contributed by atoms with E-state index in [1.807, 2.05) is 12.1 Å². The van der Waals surface area contributed by atoms with Crippen LogP contribution < -0.4 is 14.9 Å². The highest BCUT2D eigenvalue weighted by Crippen LogP contribution is 2.45. The molecule has 3 aromatic carbocycles. The van der Waals surface area contributed by atoms with Gasteiger partial charge >= 0.3 is 5.97 Å². The zero-order valence-electron chi connectivity index (χ0n) is 17.0. The van der Waals surface area contributed by atoms with Crippen LogP contribution in [0, 0.1) is 0 Å². The van der Waals surface area contributed by atoms with Gasteiger partial charge < -0.3 is 24.1 Å². The fourth-order valence-electron chi connectivity index (χ4n) is 4.09. The highest BCUT2D eigenvalue weighted by Gasteiger charge is 2.33. The molecule has 0 amide bonds. The number of carbonyl (C=O) groups is 1. The summed E-state index contributed by atoms with van der Waals surface area (Å²) in [4.78, 5) is 25.6. The number of rotatable bonds is 3. The topological polar surface area (TPSA) is 106 Å². The quantitative estimate of drug-likeness (QED) is 0.368. The lowest BCUT2D eigenvalue weighted by Crippen LogP contribution is -2.22. The molecule has 0 aliphatic carbocycles. The van der Waals surface area contributed by atoms with Crippen molar-refractivity contribution >= 4 is 16.9 Å². The van der Waals surface area contributed by atoms with Crippen molar-refractivity contribution in [2.75, 3.05) is 7.11 Å². The molecule has 0 spiro atoms. The first kappa shape index (κ1) is 19.7. The van der Waals surface area contributed by atoms with Crippen LogP contribution in [0.2, 0.25) is 0 Å². The highest BCUT2D eigenvalue weighted by atomic mass is 16.5. The summed E-state index contributed by atoms with van der Waals surface area (Å²) in [5, 5.41) is 20.2. The van der Waals surface area contributed by atoms with Crippen LogP contribution in [0.25, 0.3) is 22.1 Å². The summed E-state index contributed by atoms with van der Waals surface area (Å²) in [6.45, 7) is 0. The zero-order chi connectivity index (χ0) is 22.4. The van der Waals surface area contributed by atoms with Crippen LogP contribution >= 0.6 is 0 Å². The van der Waals surface area contributed by atoms with Gasteiger partial charge in [-0.3, -0.25) is 9.59 Å². The Labute approximate surface area is 182 Å². The molecule has 2 heterocycles. The minimum absolute atomic E-state index is 0.00536. The molecular formula is C25H18O7. The van der Waals surface area contributed by atoms with Gasteiger partial charge in [-0.1, -0.05) is 24.3 Å². The number of methoxy groups -OCH3 is 1. The molecular weight excluding hydrogens is 412 g/mol. The summed E-state index contributed by atoms with van der Waals surface area (Å²) in [5.41, 5.74) is 1.86. The average Bonchev–Trinajstić information content (AvgIpc) is 2.79. The smallest absolute Gasteiger partial charge is 0.312 e. The minimum atomic E-state index is -0.444. The molecule has 5 rings (SSSR count). The van der Waals surface area contributed by atoms with Crippen molar-refractivity contribution < 1.29 is 28.9 Å². The fourth-order valence-corrected chi connectivity index (χ4v) is 4.09. The first-order valence-electron chi connectivity index (χ1n) is 9.91. The van der Waals surface area contributed by atoms with Crippen molar-refractivity contribution in [3.8, 4) is 34.1 Å². The second-order valence-corrected chi connectivity index (χ2v) is 7.54. The van der Waals surface area contributed by atoms with Gasteiger partial charge in [0, 0.05) is 17.5 Å². The Kier molecular flexibility index (Phi) is 4.59. The summed E-state index contributed by atoms with van der Waals surface area (Å²) in [6, 6.07) is 14.6. The van der Waals surface area contributed by atoms with Gasteiger partial charge in [-0.15, -0.1) is 0 Å². The van der Waals surface area contributed by atoms with Crippen LogP contribution in [-0.4, -0.2) is 23.3 Å². The van der Waals surface area contributed by atoms with Gasteiger partial charge in [0.05, 0.1) is 19.1 Å². The van der Waals surface area contributed by atoms with Crippen LogP contribution in [0.1, 0.15) is 23.5 Å². The molecule has 0 fully saturated rings. The fraction of sp³-hybridized carbons (Fsp3) is 0.120. The molecule has 1 atom stereocenters. The van der Waals surface area contributed by atoms with Crippen molar-refractivity contribution in [3.05, 3.63) is 82.2 Å². The number of carbonyl (C=O) groups excluding carboxylic acids is 1. The number of hydrogen-bond acceptors (Lipinski definition) is 7. The number of fused-ring (bicyclic) bond motifs is 3. The Morgan fingerprint density at radius 2 is 1.72 bits per heavy atom. The van der Waals surface area contributed by atoms with E-state index < -0.39 is 17.3 Å². The number of esters is 1. The summed E-state index contributed by atoms with van der Waals surface area (Å²) >= 11 is 0. The van der Waals surface area contributed by atoms with Gasteiger partial charge in [-0.2, -0.15) is 0 Å². The summed E-state index contributed by atoms with van der Waals surface area (Å²) in [5.74, 6) is -0.306. The Morgan fingerprint density at radius 1 is 1.00 bits per heavy atom. The van der Waals surface area contributed by atoms with Gasteiger partial charge in [-0.25, -0.2) is 0 Å². The van der Waals surface area contributed by atoms with E-state index in [9.17, 15) is 19.8 Å². The Morgan fingerprint density at radius 3 is 2.41 bits per heavy atom. The van der Waals surface area contributed by atoms with Gasteiger partial charge in [0.15, 0.2) is 0 Å². The number of aromatic hydroxyl groups is 2. The van der Waals surface area contributed by atoms with Gasteiger partial charge in [0.25, 0.3) is 0 Å². The van der Waals surface area contributed by atoms with E-state index in [0.717, 1.165) is 5.56 Å². The monoisotopic (exact) mass is 430 g/mol. The molecule has 0 unspecified atom stereocenters. The Balaban J connectivity index is 1.74. The van der Waals surface area contributed by atoms with Crippen LogP contribution in [0.5, 0.6) is 23.0 Å². The predicted octanol–water partition coefficient (Wildman–Crippen LogP) is 4.32. The number of phenols is 2. The standard InChI is InChI=1S/C25H18O7/c1-30-16-8-4-13(5-9-16)17-10-21(28)32-20-11-19(27)23-24(29)18(12-31-25(23)22(17)20)14-2-6-15(26)7-3-14/h2-9,11-12,17,26-27H,10H2,1H3/t17-/m0/s1. The molecule has 1 aromatic heterocycles. The molecule has 2 N–H and O–H groups in total. The molecule has 4 aromatic rings. The van der Waals surface area contributed by atoms with Crippen molar-refractivity contribution in [3.63, 3.8) is 0 Å². The van der Waals surface area contributed by atoms with E-state index in [1.54, 1.807) is 31.4 Å². The maximum Gasteiger partial charge on any atom is 0.312 e. The second-order valence-electron chi connectivity index (χ2n) is 7.54. The first-order chi connectivity index (χ1) is 15.5. The molecule has 0 radical (unpaired) electrons. The molecule has 7 heteroatoms. The minimum Gasteiger partial charge on any atom is -0.508 e. The first-order valence-corrected chi connectivity index (χ1v) is 9.91. The van der Waals surface area contributed by atoms with E-state index >= 15 is 0 Å². The second kappa shape index (κ2) is 7.46. The van der Waals surface area contributed by atoms with Crippen LogP contribution in [0.3, 0.4) is 0 Å². The number of benzene rings is 3. The van der Waals surface area contributed by atoms with Crippen molar-refractivity contribution in [2.45, 2.75) is 12.3 Å². The van der Waals surface area contributed by atoms with Crippen LogP contribution in [0.4, 0.5) is 0 Å². The summed E-state index contributed by atoms with van der Waals surface area (Å²) in [6.07, 6.45) is 1.38. The van der Waals surface area contributed by atoms with E-state index in [0.29, 0.717) is 16.9 Å². The van der Waals surface area contributed by atoms with Crippen molar-refractivity contribution in [2.24, 2.45) is 0 Å². The number of ether oxygens (including phenoxy) is 2. The largest absolute Gasteiger partial charge is 0.508 e. The number of hydrogen-bond donors (Lipinski definition) is 2. The third-order valence-electron chi connectivity index (χ3n) is 5.67. The lowest BCUT2D eigenvalue weighted by molar-refractivity contribution is -0.135. The third kappa shape index (κ3) is 3.15. The molecule has 32 heavy (non-hydrogen) atoms. The van der Waals surface area contributed by atoms with Crippen molar-refractivity contribution in [1.82, 2.24) is 0 Å². The lowest BCUT2D eigenvalue weighted by atomic mass is 9.85. The summed E-state index contributed by atoms with van der Waals surface area (Å²) in [7, 11) is 1.57. The predicted molar refractivity (Wildman–Crippen MR) is 116 cm³/mol. The molecule has 0 bridgehead atoms.